The summed E-state index contributed by atoms with van der Waals surface area (Å²) in [5.74, 6) is -0.691. The third-order valence-electron chi connectivity index (χ3n) is 6.28. The molecule has 0 atom stereocenters. The first-order valence-corrected chi connectivity index (χ1v) is 11.3. The van der Waals surface area contributed by atoms with Crippen molar-refractivity contribution >= 4 is 0 Å². The van der Waals surface area contributed by atoms with Gasteiger partial charge in [-0.2, -0.15) is 4.39 Å². The largest absolute Gasteiger partial charge is 0.225 e. The highest BCUT2D eigenvalue weighted by Crippen LogP contribution is 2.33. The second-order valence-electron chi connectivity index (χ2n) is 11.2. The van der Waals surface area contributed by atoms with Crippen molar-refractivity contribution in [1.82, 2.24) is 4.98 Å². The highest BCUT2D eigenvalue weighted by atomic mass is 19.1. The van der Waals surface area contributed by atoms with Crippen molar-refractivity contribution in [2.24, 2.45) is 0 Å². The van der Waals surface area contributed by atoms with Crippen molar-refractivity contribution in [2.75, 3.05) is 0 Å². The minimum absolute atomic E-state index is 0.150. The van der Waals surface area contributed by atoms with Gasteiger partial charge in [-0.3, -0.25) is 0 Å². The topological polar surface area (TPSA) is 12.9 Å². The molecule has 0 spiro atoms. The third-order valence-corrected chi connectivity index (χ3v) is 6.28. The van der Waals surface area contributed by atoms with E-state index in [0.717, 1.165) is 16.8 Å². The van der Waals surface area contributed by atoms with Gasteiger partial charge in [0.25, 0.3) is 0 Å². The van der Waals surface area contributed by atoms with Crippen molar-refractivity contribution in [2.45, 2.75) is 77.6 Å². The predicted molar refractivity (Wildman–Crippen MR) is 129 cm³/mol. The molecule has 0 fully saturated rings. The molecule has 3 rings (SSSR count). The molecule has 0 aliphatic rings. The Labute approximate surface area is 191 Å². The Hall–Kier alpha value is -2.55. The molecule has 0 aliphatic carbocycles. The summed E-state index contributed by atoms with van der Waals surface area (Å²) in [5.41, 5.74) is 3.48. The molecule has 1 heterocycles. The fourth-order valence-corrected chi connectivity index (χ4v) is 4.31. The van der Waals surface area contributed by atoms with Crippen LogP contribution in [-0.2, 0) is 29.1 Å². The second-order valence-corrected chi connectivity index (χ2v) is 11.2. The van der Waals surface area contributed by atoms with E-state index in [1.54, 1.807) is 12.1 Å². The van der Waals surface area contributed by atoms with E-state index < -0.39 is 11.4 Å². The Balaban J connectivity index is 1.85. The number of benzene rings is 2. The van der Waals surface area contributed by atoms with Crippen molar-refractivity contribution in [3.8, 4) is 0 Å². The monoisotopic (exact) mass is 435 g/mol. The van der Waals surface area contributed by atoms with Gasteiger partial charge in [-0.05, 0) is 64.0 Å². The molecule has 2 aromatic carbocycles. The highest BCUT2D eigenvalue weighted by molar-refractivity contribution is 5.34. The number of hydrogen-bond acceptors (Lipinski definition) is 1. The number of nitrogens with zero attached hydrogens (tertiary/aromatic N) is 1. The van der Waals surface area contributed by atoms with E-state index in [1.165, 1.54) is 5.56 Å². The molecular weight excluding hydrogens is 400 g/mol. The molecule has 0 unspecified atom stereocenters. The standard InChI is InChI=1S/C29H35F2N/c1-27(2,3)22-15-20(16-23(30)17-22)18-29(6,7)25-14-13-24(32-26(25)31)19-28(4,5)21-11-9-8-10-12-21/h8-17H,18-19H2,1-7H3. The van der Waals surface area contributed by atoms with Gasteiger partial charge in [0.1, 0.15) is 5.82 Å². The van der Waals surface area contributed by atoms with Gasteiger partial charge in [-0.1, -0.05) is 90.9 Å². The molecule has 3 heteroatoms. The van der Waals surface area contributed by atoms with E-state index in [0.29, 0.717) is 18.4 Å². The molecule has 1 nitrogen and oxygen atoms in total. The van der Waals surface area contributed by atoms with Gasteiger partial charge in [-0.15, -0.1) is 0 Å². The molecule has 0 aliphatic heterocycles. The van der Waals surface area contributed by atoms with Gasteiger partial charge in [0, 0.05) is 11.3 Å². The Kier molecular flexibility index (Phi) is 6.60. The summed E-state index contributed by atoms with van der Waals surface area (Å²) < 4.78 is 29.5. The van der Waals surface area contributed by atoms with Crippen LogP contribution in [0.4, 0.5) is 8.78 Å². The molecular formula is C29H35F2N. The highest BCUT2D eigenvalue weighted by Gasteiger charge is 2.28. The summed E-state index contributed by atoms with van der Waals surface area (Å²) in [5, 5.41) is 0. The maximum Gasteiger partial charge on any atom is 0.216 e. The fraction of sp³-hybridized carbons (Fsp3) is 0.414. The number of hydrogen-bond donors (Lipinski definition) is 0. The van der Waals surface area contributed by atoms with Gasteiger partial charge < -0.3 is 0 Å². The van der Waals surface area contributed by atoms with Gasteiger partial charge in [0.05, 0.1) is 0 Å². The third kappa shape index (κ3) is 5.62. The van der Waals surface area contributed by atoms with Crippen LogP contribution in [0.2, 0.25) is 0 Å². The lowest BCUT2D eigenvalue weighted by atomic mass is 9.77. The van der Waals surface area contributed by atoms with Crippen molar-refractivity contribution in [1.29, 1.82) is 0 Å². The first-order chi connectivity index (χ1) is 14.8. The van der Waals surface area contributed by atoms with Crippen LogP contribution in [0.3, 0.4) is 0 Å². The lowest BCUT2D eigenvalue weighted by molar-refractivity contribution is 0.453. The molecule has 0 bridgehead atoms. The molecule has 0 amide bonds. The summed E-state index contributed by atoms with van der Waals surface area (Å²) in [6, 6.07) is 19.2. The van der Waals surface area contributed by atoms with Crippen LogP contribution < -0.4 is 0 Å². The van der Waals surface area contributed by atoms with Crippen LogP contribution in [0.5, 0.6) is 0 Å². The van der Waals surface area contributed by atoms with Crippen molar-refractivity contribution in [3.63, 3.8) is 0 Å². The smallest absolute Gasteiger partial charge is 0.216 e. The number of halogens is 2. The summed E-state index contributed by atoms with van der Waals surface area (Å²) in [6.45, 7) is 14.5. The van der Waals surface area contributed by atoms with E-state index in [2.05, 4.69) is 51.7 Å². The van der Waals surface area contributed by atoms with E-state index in [9.17, 15) is 4.39 Å². The van der Waals surface area contributed by atoms with Crippen molar-refractivity contribution < 1.29 is 8.78 Å². The van der Waals surface area contributed by atoms with Crippen LogP contribution >= 0.6 is 0 Å². The second kappa shape index (κ2) is 8.77. The zero-order chi connectivity index (χ0) is 23.7. The van der Waals surface area contributed by atoms with Crippen LogP contribution in [0.15, 0.2) is 60.7 Å². The zero-order valence-electron chi connectivity index (χ0n) is 20.4. The number of aromatic nitrogens is 1. The number of rotatable bonds is 6. The van der Waals surface area contributed by atoms with Crippen LogP contribution in [0, 0.1) is 11.8 Å². The summed E-state index contributed by atoms with van der Waals surface area (Å²) in [7, 11) is 0. The summed E-state index contributed by atoms with van der Waals surface area (Å²) >= 11 is 0. The lowest BCUT2D eigenvalue weighted by Crippen LogP contribution is -2.25. The quantitative estimate of drug-likeness (QED) is 0.362. The van der Waals surface area contributed by atoms with Crippen LogP contribution in [0.1, 0.15) is 76.4 Å². The summed E-state index contributed by atoms with van der Waals surface area (Å²) in [6.07, 6.45) is 1.18. The summed E-state index contributed by atoms with van der Waals surface area (Å²) in [4.78, 5) is 4.33. The first kappa shape index (κ1) is 24.1. The minimum Gasteiger partial charge on any atom is -0.225 e. The van der Waals surface area contributed by atoms with Gasteiger partial charge in [0.15, 0.2) is 0 Å². The Bertz CT molecular complexity index is 1080. The molecule has 0 saturated carbocycles. The fourth-order valence-electron chi connectivity index (χ4n) is 4.31. The zero-order valence-corrected chi connectivity index (χ0v) is 20.4. The van der Waals surface area contributed by atoms with Gasteiger partial charge in [0.2, 0.25) is 5.95 Å². The molecule has 3 aromatic rings. The van der Waals surface area contributed by atoms with Crippen LogP contribution in [0.25, 0.3) is 0 Å². The Morgan fingerprint density at radius 1 is 0.688 bits per heavy atom. The maximum absolute atomic E-state index is 15.2. The SMILES string of the molecule is CC(C)(C)c1cc(F)cc(CC(C)(C)c2ccc(CC(C)(C)c3ccccc3)nc2F)c1. The lowest BCUT2D eigenvalue weighted by Gasteiger charge is -2.28. The molecule has 0 N–H and O–H groups in total. The molecule has 32 heavy (non-hydrogen) atoms. The average molecular weight is 436 g/mol. The van der Waals surface area contributed by atoms with Gasteiger partial charge >= 0.3 is 0 Å². The van der Waals surface area contributed by atoms with Gasteiger partial charge in [-0.25, -0.2) is 9.37 Å². The van der Waals surface area contributed by atoms with E-state index in [4.69, 9.17) is 0 Å². The Morgan fingerprint density at radius 3 is 1.94 bits per heavy atom. The van der Waals surface area contributed by atoms with Crippen molar-refractivity contribution in [3.05, 3.63) is 100 Å². The molecule has 0 radical (unpaired) electrons. The molecule has 0 saturated heterocycles. The van der Waals surface area contributed by atoms with E-state index in [1.807, 2.05) is 50.2 Å². The van der Waals surface area contributed by atoms with E-state index in [-0.39, 0.29) is 16.6 Å². The maximum atomic E-state index is 15.2. The Morgan fingerprint density at radius 2 is 1.34 bits per heavy atom. The number of pyridine rings is 1. The average Bonchev–Trinajstić information content (AvgIpc) is 2.66. The van der Waals surface area contributed by atoms with Crippen LogP contribution in [-0.4, -0.2) is 4.98 Å². The first-order valence-electron chi connectivity index (χ1n) is 11.3. The molecule has 1 aromatic heterocycles. The normalized spacial score (nSPS) is 12.8. The minimum atomic E-state index is -0.520. The van der Waals surface area contributed by atoms with E-state index >= 15 is 4.39 Å². The predicted octanol–water partition coefficient (Wildman–Crippen LogP) is 7.70. The molecule has 170 valence electrons.